The van der Waals surface area contributed by atoms with E-state index in [4.69, 9.17) is 18.3 Å². The van der Waals surface area contributed by atoms with Crippen LogP contribution in [0.25, 0.3) is 0 Å². The maximum atomic E-state index is 12.4. The number of nitrogens with zero attached hydrogens (tertiary/aromatic N) is 1. The van der Waals surface area contributed by atoms with Gasteiger partial charge in [0, 0.05) is 0 Å². The predicted octanol–water partition coefficient (Wildman–Crippen LogP) is 2.54. The summed E-state index contributed by atoms with van der Waals surface area (Å²) in [5, 5.41) is 11.8. The molecule has 0 aliphatic carbocycles. The SMILES string of the molecule is Cc1oc(=O)oc1COC(=O)C(CC(C)C)NC(=O)Oc1ccc(CCO[N+](=O)[O-])cc1. The van der Waals surface area contributed by atoms with Crippen LogP contribution in [0.3, 0.4) is 0 Å². The second kappa shape index (κ2) is 11.5. The molecule has 1 aromatic carbocycles. The summed E-state index contributed by atoms with van der Waals surface area (Å²) in [7, 11) is 0. The maximum absolute atomic E-state index is 12.4. The Bertz CT molecular complexity index is 977. The average molecular weight is 452 g/mol. The zero-order valence-electron chi connectivity index (χ0n) is 17.8. The van der Waals surface area contributed by atoms with E-state index >= 15 is 0 Å². The van der Waals surface area contributed by atoms with Crippen LogP contribution in [0.2, 0.25) is 0 Å². The molecule has 0 spiro atoms. The summed E-state index contributed by atoms with van der Waals surface area (Å²) in [5.41, 5.74) is 0.752. The van der Waals surface area contributed by atoms with Crippen LogP contribution >= 0.6 is 0 Å². The minimum atomic E-state index is -0.986. The molecular formula is C20H24N2O10. The number of rotatable bonds is 11. The fraction of sp³-hybridized carbons (Fsp3) is 0.450. The van der Waals surface area contributed by atoms with E-state index in [0.29, 0.717) is 6.42 Å². The Morgan fingerprint density at radius 3 is 2.44 bits per heavy atom. The topological polar surface area (TPSA) is 160 Å². The largest absolute Gasteiger partial charge is 0.519 e. The van der Waals surface area contributed by atoms with E-state index in [1.807, 2.05) is 13.8 Å². The molecule has 1 amide bonds. The molecule has 2 rings (SSSR count). The van der Waals surface area contributed by atoms with Crippen molar-refractivity contribution in [2.24, 2.45) is 5.92 Å². The van der Waals surface area contributed by atoms with Gasteiger partial charge >= 0.3 is 17.9 Å². The second-order valence-corrected chi connectivity index (χ2v) is 7.21. The molecule has 0 aliphatic rings. The summed E-state index contributed by atoms with van der Waals surface area (Å²) in [5.74, 6) is -1.07. The number of carbonyl (C=O) groups is 2. The second-order valence-electron chi connectivity index (χ2n) is 7.21. The van der Waals surface area contributed by atoms with Crippen LogP contribution in [0.1, 0.15) is 37.4 Å². The van der Waals surface area contributed by atoms with Gasteiger partial charge in [-0.05, 0) is 43.4 Å². The van der Waals surface area contributed by atoms with Gasteiger partial charge in [0.05, 0.1) is 0 Å². The van der Waals surface area contributed by atoms with Gasteiger partial charge in [-0.15, -0.1) is 10.1 Å². The summed E-state index contributed by atoms with van der Waals surface area (Å²) < 4.78 is 19.8. The highest BCUT2D eigenvalue weighted by atomic mass is 16.9. The average Bonchev–Trinajstić information content (AvgIpc) is 3.03. The van der Waals surface area contributed by atoms with Gasteiger partial charge in [0.15, 0.2) is 18.1 Å². The van der Waals surface area contributed by atoms with Crippen molar-refractivity contribution >= 4 is 12.1 Å². The van der Waals surface area contributed by atoms with Crippen molar-refractivity contribution in [1.29, 1.82) is 0 Å². The first-order valence-electron chi connectivity index (χ1n) is 9.74. The summed E-state index contributed by atoms with van der Waals surface area (Å²) >= 11 is 0. The molecule has 0 fully saturated rings. The Morgan fingerprint density at radius 2 is 1.88 bits per heavy atom. The minimum Gasteiger partial charge on any atom is -0.456 e. The van der Waals surface area contributed by atoms with Crippen LogP contribution in [0.5, 0.6) is 5.75 Å². The third-order valence-corrected chi connectivity index (χ3v) is 4.19. The summed E-state index contributed by atoms with van der Waals surface area (Å²) in [4.78, 5) is 50.2. The highest BCUT2D eigenvalue weighted by molar-refractivity contribution is 5.82. The smallest absolute Gasteiger partial charge is 0.456 e. The molecule has 0 saturated heterocycles. The van der Waals surface area contributed by atoms with Crippen molar-refractivity contribution in [1.82, 2.24) is 5.32 Å². The van der Waals surface area contributed by atoms with E-state index in [1.165, 1.54) is 19.1 Å². The fourth-order valence-corrected chi connectivity index (χ4v) is 2.67. The maximum Gasteiger partial charge on any atom is 0.519 e. The van der Waals surface area contributed by atoms with Crippen LogP contribution in [0.4, 0.5) is 4.79 Å². The lowest BCUT2D eigenvalue weighted by Gasteiger charge is -2.19. The van der Waals surface area contributed by atoms with E-state index < -0.39 is 29.0 Å². The summed E-state index contributed by atoms with van der Waals surface area (Å²) in [6.07, 6.45) is -0.257. The fourth-order valence-electron chi connectivity index (χ4n) is 2.67. The molecule has 0 saturated carbocycles. The van der Waals surface area contributed by atoms with Crippen LogP contribution in [0, 0.1) is 23.0 Å². The van der Waals surface area contributed by atoms with E-state index in [9.17, 15) is 24.5 Å². The molecule has 1 atom stereocenters. The first-order chi connectivity index (χ1) is 15.1. The van der Waals surface area contributed by atoms with Crippen molar-refractivity contribution in [3.05, 3.63) is 62.1 Å². The molecule has 1 heterocycles. The van der Waals surface area contributed by atoms with Crippen molar-refractivity contribution in [3.8, 4) is 5.75 Å². The third kappa shape index (κ3) is 8.13. The number of ether oxygens (including phenoxy) is 2. The van der Waals surface area contributed by atoms with Gasteiger partial charge in [0.2, 0.25) is 0 Å². The van der Waals surface area contributed by atoms with Crippen LogP contribution in [0.15, 0.2) is 37.9 Å². The molecule has 0 bridgehead atoms. The molecule has 2 aromatic rings. The first kappa shape index (κ1) is 24.4. The first-order valence-corrected chi connectivity index (χ1v) is 9.74. The molecular weight excluding hydrogens is 428 g/mol. The molecule has 0 aliphatic heterocycles. The Kier molecular flexibility index (Phi) is 8.81. The third-order valence-electron chi connectivity index (χ3n) is 4.19. The van der Waals surface area contributed by atoms with Gasteiger partial charge in [0.1, 0.15) is 18.4 Å². The predicted molar refractivity (Wildman–Crippen MR) is 107 cm³/mol. The quantitative estimate of drug-likeness (QED) is 0.305. The highest BCUT2D eigenvalue weighted by Gasteiger charge is 2.25. The van der Waals surface area contributed by atoms with Crippen LogP contribution in [-0.4, -0.2) is 29.8 Å². The van der Waals surface area contributed by atoms with Gasteiger partial charge in [-0.2, -0.15) is 0 Å². The monoisotopic (exact) mass is 452 g/mol. The van der Waals surface area contributed by atoms with Gasteiger partial charge in [-0.3, -0.25) is 0 Å². The van der Waals surface area contributed by atoms with E-state index in [-0.39, 0.29) is 42.8 Å². The van der Waals surface area contributed by atoms with Crippen LogP contribution < -0.4 is 15.9 Å². The van der Waals surface area contributed by atoms with Crippen molar-refractivity contribution in [2.45, 2.75) is 46.3 Å². The number of hydrogen-bond acceptors (Lipinski definition) is 10. The van der Waals surface area contributed by atoms with E-state index in [1.54, 1.807) is 12.1 Å². The highest BCUT2D eigenvalue weighted by Crippen LogP contribution is 2.14. The Labute approximate surface area is 182 Å². The molecule has 1 aromatic heterocycles. The van der Waals surface area contributed by atoms with E-state index in [2.05, 4.69) is 10.2 Å². The molecule has 174 valence electrons. The van der Waals surface area contributed by atoms with Gasteiger partial charge in [-0.1, -0.05) is 26.0 Å². The lowest BCUT2D eigenvalue weighted by Crippen LogP contribution is -2.44. The van der Waals surface area contributed by atoms with Crippen molar-refractivity contribution in [3.63, 3.8) is 0 Å². The normalized spacial score (nSPS) is 11.6. The van der Waals surface area contributed by atoms with Gasteiger partial charge < -0.3 is 28.5 Å². The van der Waals surface area contributed by atoms with Gasteiger partial charge in [0.25, 0.3) is 5.09 Å². The lowest BCUT2D eigenvalue weighted by molar-refractivity contribution is -0.757. The number of carbonyl (C=O) groups excluding carboxylic acids is 2. The molecule has 12 heteroatoms. The van der Waals surface area contributed by atoms with E-state index in [0.717, 1.165) is 5.56 Å². The zero-order chi connectivity index (χ0) is 23.7. The molecule has 12 nitrogen and oxygen atoms in total. The van der Waals surface area contributed by atoms with Crippen molar-refractivity contribution < 1.29 is 37.8 Å². The molecule has 0 radical (unpaired) electrons. The molecule has 1 N–H and O–H groups in total. The minimum absolute atomic E-state index is 0.0575. The van der Waals surface area contributed by atoms with Crippen LogP contribution in [-0.2, 0) is 27.4 Å². The van der Waals surface area contributed by atoms with Crippen molar-refractivity contribution in [2.75, 3.05) is 6.61 Å². The number of benzene rings is 1. The molecule has 32 heavy (non-hydrogen) atoms. The Morgan fingerprint density at radius 1 is 1.19 bits per heavy atom. The number of hydrogen-bond donors (Lipinski definition) is 1. The Hall–Kier alpha value is -3.83. The Balaban J connectivity index is 1.90. The summed E-state index contributed by atoms with van der Waals surface area (Å²) in [6, 6.07) is 5.31. The number of amides is 1. The standard InChI is InChI=1S/C20H24N2O10/c1-12(2)10-16(18(23)28-11-17-13(3)30-20(25)32-17)21-19(24)31-15-6-4-14(5-7-15)8-9-29-22(26)27/h4-7,12,16H,8-11H2,1-3H3,(H,21,24). The summed E-state index contributed by atoms with van der Waals surface area (Å²) in [6.45, 7) is 4.83. The van der Waals surface area contributed by atoms with Gasteiger partial charge in [-0.25, -0.2) is 14.4 Å². The number of esters is 1. The molecule has 1 unspecified atom stereocenters. The zero-order valence-corrected chi connectivity index (χ0v) is 17.8. The number of aryl methyl sites for hydroxylation is 1. The lowest BCUT2D eigenvalue weighted by atomic mass is 10.0. The number of nitrogens with one attached hydrogen (secondary N) is 1.